The molecule has 0 aliphatic carbocycles. The van der Waals surface area contributed by atoms with Crippen LogP contribution in [0.2, 0.25) is 0 Å². The molecule has 0 saturated heterocycles. The number of hydrogen-bond acceptors (Lipinski definition) is 2. The summed E-state index contributed by atoms with van der Waals surface area (Å²) >= 11 is 3.25. The maximum absolute atomic E-state index is 13.0. The first-order chi connectivity index (χ1) is 5.74. The standard InChI is InChI=1S/C8H9BrFNO/c1-12-11-5-6-4-7(9)2-3-8(6)10/h2-4,11H,5H2,1H3. The summed E-state index contributed by atoms with van der Waals surface area (Å²) in [6, 6.07) is 4.78. The Morgan fingerprint density at radius 3 is 3.00 bits per heavy atom. The molecular formula is C8H9BrFNO. The molecule has 1 aromatic rings. The summed E-state index contributed by atoms with van der Waals surface area (Å²) in [4.78, 5) is 4.61. The molecule has 1 N–H and O–H groups in total. The lowest BCUT2D eigenvalue weighted by Gasteiger charge is -2.03. The first-order valence-corrected chi connectivity index (χ1v) is 4.23. The van der Waals surface area contributed by atoms with Crippen molar-refractivity contribution >= 4 is 15.9 Å². The van der Waals surface area contributed by atoms with Crippen LogP contribution in [-0.2, 0) is 11.4 Å². The quantitative estimate of drug-likeness (QED) is 0.809. The van der Waals surface area contributed by atoms with Crippen LogP contribution in [0, 0.1) is 5.82 Å². The van der Waals surface area contributed by atoms with E-state index in [1.165, 1.54) is 13.2 Å². The van der Waals surface area contributed by atoms with Gasteiger partial charge in [0.2, 0.25) is 0 Å². The van der Waals surface area contributed by atoms with Gasteiger partial charge in [-0.25, -0.2) is 4.39 Å². The van der Waals surface area contributed by atoms with E-state index >= 15 is 0 Å². The predicted octanol–water partition coefficient (Wildman–Crippen LogP) is 2.24. The second-order valence-corrected chi connectivity index (χ2v) is 3.18. The van der Waals surface area contributed by atoms with E-state index in [1.54, 1.807) is 12.1 Å². The molecular weight excluding hydrogens is 225 g/mol. The Morgan fingerprint density at radius 2 is 2.33 bits per heavy atom. The third-order valence-electron chi connectivity index (χ3n) is 1.41. The zero-order chi connectivity index (χ0) is 8.97. The van der Waals surface area contributed by atoms with Gasteiger partial charge in [-0.3, -0.25) is 0 Å². The Morgan fingerprint density at radius 1 is 1.58 bits per heavy atom. The first-order valence-electron chi connectivity index (χ1n) is 3.44. The normalized spacial score (nSPS) is 10.2. The van der Waals surface area contributed by atoms with Gasteiger partial charge in [-0.2, -0.15) is 5.48 Å². The van der Waals surface area contributed by atoms with Gasteiger partial charge in [0.25, 0.3) is 0 Å². The lowest BCUT2D eigenvalue weighted by Crippen LogP contribution is -2.11. The van der Waals surface area contributed by atoms with Crippen LogP contribution in [0.15, 0.2) is 22.7 Å². The minimum absolute atomic E-state index is 0.234. The van der Waals surface area contributed by atoms with Crippen LogP contribution in [0.5, 0.6) is 0 Å². The zero-order valence-electron chi connectivity index (χ0n) is 6.60. The Kier molecular flexibility index (Phi) is 3.65. The van der Waals surface area contributed by atoms with Crippen molar-refractivity contribution in [3.8, 4) is 0 Å². The summed E-state index contributed by atoms with van der Waals surface area (Å²) in [5, 5.41) is 0. The smallest absolute Gasteiger partial charge is 0.127 e. The van der Waals surface area contributed by atoms with Crippen LogP contribution in [-0.4, -0.2) is 7.11 Å². The molecule has 0 saturated carbocycles. The molecule has 0 aliphatic rings. The first kappa shape index (κ1) is 9.64. The predicted molar refractivity (Wildman–Crippen MR) is 47.9 cm³/mol. The van der Waals surface area contributed by atoms with Crippen LogP contribution < -0.4 is 5.48 Å². The van der Waals surface area contributed by atoms with Gasteiger partial charge in [0.15, 0.2) is 0 Å². The molecule has 66 valence electrons. The number of hydrogen-bond donors (Lipinski definition) is 1. The molecule has 0 fully saturated rings. The van der Waals surface area contributed by atoms with Crippen molar-refractivity contribution in [2.75, 3.05) is 7.11 Å². The maximum atomic E-state index is 13.0. The van der Waals surface area contributed by atoms with E-state index in [2.05, 4.69) is 26.2 Å². The third-order valence-corrected chi connectivity index (χ3v) is 1.91. The van der Waals surface area contributed by atoms with Gasteiger partial charge in [-0.15, -0.1) is 0 Å². The van der Waals surface area contributed by atoms with E-state index in [9.17, 15) is 4.39 Å². The molecule has 0 bridgehead atoms. The molecule has 0 unspecified atom stereocenters. The van der Waals surface area contributed by atoms with E-state index in [-0.39, 0.29) is 5.82 Å². The molecule has 0 atom stereocenters. The lowest BCUT2D eigenvalue weighted by molar-refractivity contribution is 0.0859. The Hall–Kier alpha value is -0.450. The van der Waals surface area contributed by atoms with Crippen molar-refractivity contribution in [2.45, 2.75) is 6.54 Å². The highest BCUT2D eigenvalue weighted by atomic mass is 79.9. The second kappa shape index (κ2) is 4.54. The fourth-order valence-electron chi connectivity index (χ4n) is 0.829. The molecule has 0 radical (unpaired) electrons. The molecule has 1 rings (SSSR count). The summed E-state index contributed by atoms with van der Waals surface area (Å²) in [6.07, 6.45) is 0. The average molecular weight is 234 g/mol. The summed E-state index contributed by atoms with van der Waals surface area (Å²) in [5.41, 5.74) is 3.15. The summed E-state index contributed by atoms with van der Waals surface area (Å²) in [5.74, 6) is -0.234. The highest BCUT2D eigenvalue weighted by molar-refractivity contribution is 9.10. The number of hydroxylamine groups is 1. The van der Waals surface area contributed by atoms with E-state index in [1.807, 2.05) is 0 Å². The van der Waals surface area contributed by atoms with E-state index < -0.39 is 0 Å². The van der Waals surface area contributed by atoms with Crippen LogP contribution >= 0.6 is 15.9 Å². The van der Waals surface area contributed by atoms with E-state index in [0.717, 1.165) is 4.47 Å². The number of nitrogens with one attached hydrogen (secondary N) is 1. The Balaban J connectivity index is 2.75. The Bertz CT molecular complexity index is 267. The van der Waals surface area contributed by atoms with E-state index in [4.69, 9.17) is 0 Å². The fourth-order valence-corrected chi connectivity index (χ4v) is 1.24. The van der Waals surface area contributed by atoms with Gasteiger partial charge in [-0.1, -0.05) is 15.9 Å². The zero-order valence-corrected chi connectivity index (χ0v) is 8.19. The molecule has 0 aromatic heterocycles. The van der Waals surface area contributed by atoms with Gasteiger partial charge < -0.3 is 4.84 Å². The van der Waals surface area contributed by atoms with Gasteiger partial charge >= 0.3 is 0 Å². The molecule has 0 amide bonds. The lowest BCUT2D eigenvalue weighted by atomic mass is 10.2. The molecule has 0 spiro atoms. The highest BCUT2D eigenvalue weighted by Crippen LogP contribution is 2.15. The van der Waals surface area contributed by atoms with E-state index in [0.29, 0.717) is 12.1 Å². The van der Waals surface area contributed by atoms with Crippen LogP contribution in [0.1, 0.15) is 5.56 Å². The molecule has 0 heterocycles. The van der Waals surface area contributed by atoms with Crippen molar-refractivity contribution in [3.05, 3.63) is 34.1 Å². The SMILES string of the molecule is CONCc1cc(Br)ccc1F. The third kappa shape index (κ3) is 2.55. The molecule has 1 aromatic carbocycles. The summed E-state index contributed by atoms with van der Waals surface area (Å²) < 4.78 is 13.8. The second-order valence-electron chi connectivity index (χ2n) is 2.26. The van der Waals surface area contributed by atoms with Crippen molar-refractivity contribution < 1.29 is 9.23 Å². The summed E-state index contributed by atoms with van der Waals surface area (Å²) in [6.45, 7) is 0.363. The van der Waals surface area contributed by atoms with Crippen LogP contribution in [0.4, 0.5) is 4.39 Å². The Labute approximate surface area is 78.8 Å². The molecule has 0 aliphatic heterocycles. The van der Waals surface area contributed by atoms with Crippen molar-refractivity contribution in [3.63, 3.8) is 0 Å². The summed E-state index contributed by atoms with van der Waals surface area (Å²) in [7, 11) is 1.50. The molecule has 12 heavy (non-hydrogen) atoms. The van der Waals surface area contributed by atoms with Gasteiger partial charge in [-0.05, 0) is 18.2 Å². The average Bonchev–Trinajstić information content (AvgIpc) is 2.07. The van der Waals surface area contributed by atoms with Gasteiger partial charge in [0.1, 0.15) is 5.82 Å². The van der Waals surface area contributed by atoms with Crippen molar-refractivity contribution in [2.24, 2.45) is 0 Å². The maximum Gasteiger partial charge on any atom is 0.127 e. The monoisotopic (exact) mass is 233 g/mol. The number of benzene rings is 1. The van der Waals surface area contributed by atoms with Crippen LogP contribution in [0.3, 0.4) is 0 Å². The molecule has 2 nitrogen and oxygen atoms in total. The molecule has 4 heteroatoms. The highest BCUT2D eigenvalue weighted by Gasteiger charge is 2.01. The van der Waals surface area contributed by atoms with Gasteiger partial charge in [0.05, 0.1) is 7.11 Å². The topological polar surface area (TPSA) is 21.3 Å². The van der Waals surface area contributed by atoms with Crippen LogP contribution in [0.25, 0.3) is 0 Å². The largest absolute Gasteiger partial charge is 0.305 e. The fraction of sp³-hybridized carbons (Fsp3) is 0.250. The number of halogens is 2. The minimum Gasteiger partial charge on any atom is -0.305 e. The van der Waals surface area contributed by atoms with Gasteiger partial charge in [0, 0.05) is 16.6 Å². The van der Waals surface area contributed by atoms with Crippen molar-refractivity contribution in [1.29, 1.82) is 0 Å². The van der Waals surface area contributed by atoms with Crippen molar-refractivity contribution in [1.82, 2.24) is 5.48 Å². The number of rotatable bonds is 3. The minimum atomic E-state index is -0.234.